The van der Waals surface area contributed by atoms with Gasteiger partial charge in [0, 0.05) is 37.8 Å². The second-order valence-corrected chi connectivity index (χ2v) is 7.29. The first-order chi connectivity index (χ1) is 15.0. The van der Waals surface area contributed by atoms with E-state index in [4.69, 9.17) is 4.52 Å². The highest BCUT2D eigenvalue weighted by atomic mass is 19.1. The van der Waals surface area contributed by atoms with Crippen LogP contribution in [-0.4, -0.2) is 41.1 Å². The standard InChI is InChI=1S/C21H20FN5O4/c1-23-20(28)17-11-16(27(29)30)8-9-18(17)26-10-2-3-14(12-26)21-24-19(25-31-21)13-4-6-15(22)7-5-13/h4-9,11,14H,2-3,10,12H2,1H3,(H,23,28). The second kappa shape index (κ2) is 8.50. The topological polar surface area (TPSA) is 114 Å². The highest BCUT2D eigenvalue weighted by Gasteiger charge is 2.29. The lowest BCUT2D eigenvalue weighted by Gasteiger charge is -2.33. The van der Waals surface area contributed by atoms with E-state index in [9.17, 15) is 19.3 Å². The van der Waals surface area contributed by atoms with Gasteiger partial charge in [0.25, 0.3) is 11.6 Å². The van der Waals surface area contributed by atoms with Crippen molar-refractivity contribution in [3.63, 3.8) is 0 Å². The van der Waals surface area contributed by atoms with E-state index >= 15 is 0 Å². The van der Waals surface area contributed by atoms with Gasteiger partial charge in [0.05, 0.1) is 22.1 Å². The molecular formula is C21H20FN5O4. The molecule has 1 atom stereocenters. The van der Waals surface area contributed by atoms with E-state index in [0.717, 1.165) is 12.8 Å². The number of halogens is 1. The lowest BCUT2D eigenvalue weighted by atomic mass is 9.96. The van der Waals surface area contributed by atoms with Gasteiger partial charge in [-0.1, -0.05) is 5.16 Å². The van der Waals surface area contributed by atoms with Crippen molar-refractivity contribution in [2.75, 3.05) is 25.0 Å². The van der Waals surface area contributed by atoms with E-state index in [1.807, 2.05) is 4.90 Å². The van der Waals surface area contributed by atoms with Gasteiger partial charge in [0.15, 0.2) is 0 Å². The Bertz CT molecular complexity index is 1120. The molecule has 2 aromatic carbocycles. The summed E-state index contributed by atoms with van der Waals surface area (Å²) in [7, 11) is 1.49. The summed E-state index contributed by atoms with van der Waals surface area (Å²) in [4.78, 5) is 29.5. The number of nitrogens with zero attached hydrogens (tertiary/aromatic N) is 4. The van der Waals surface area contributed by atoms with Gasteiger partial charge >= 0.3 is 0 Å². The van der Waals surface area contributed by atoms with Crippen molar-refractivity contribution in [1.29, 1.82) is 0 Å². The minimum Gasteiger partial charge on any atom is -0.370 e. The summed E-state index contributed by atoms with van der Waals surface area (Å²) in [5, 5.41) is 17.7. The normalized spacial score (nSPS) is 16.2. The van der Waals surface area contributed by atoms with Crippen molar-refractivity contribution in [1.82, 2.24) is 15.5 Å². The zero-order chi connectivity index (χ0) is 22.0. The average Bonchev–Trinajstić information content (AvgIpc) is 3.29. The lowest BCUT2D eigenvalue weighted by Crippen LogP contribution is -2.36. The number of amides is 1. The number of nitro benzene ring substituents is 1. The molecule has 1 unspecified atom stereocenters. The van der Waals surface area contributed by atoms with Gasteiger partial charge in [-0.25, -0.2) is 4.39 Å². The summed E-state index contributed by atoms with van der Waals surface area (Å²) in [6.07, 6.45) is 1.65. The molecule has 4 rings (SSSR count). The third kappa shape index (κ3) is 4.23. The van der Waals surface area contributed by atoms with Crippen molar-refractivity contribution in [3.8, 4) is 11.4 Å². The third-order valence-corrected chi connectivity index (χ3v) is 5.32. The zero-order valence-corrected chi connectivity index (χ0v) is 16.7. The number of benzene rings is 2. The van der Waals surface area contributed by atoms with E-state index in [-0.39, 0.29) is 23.0 Å². The Morgan fingerprint density at radius 2 is 2.06 bits per heavy atom. The lowest BCUT2D eigenvalue weighted by molar-refractivity contribution is -0.384. The van der Waals surface area contributed by atoms with Crippen LogP contribution in [-0.2, 0) is 0 Å². The second-order valence-electron chi connectivity index (χ2n) is 7.29. The van der Waals surface area contributed by atoms with Crippen LogP contribution >= 0.6 is 0 Å². The quantitative estimate of drug-likeness (QED) is 0.491. The predicted octanol–water partition coefficient (Wildman–Crippen LogP) is 3.53. The fourth-order valence-electron chi connectivity index (χ4n) is 3.74. The van der Waals surface area contributed by atoms with E-state index in [1.165, 1.54) is 31.3 Å². The molecule has 1 amide bonds. The summed E-state index contributed by atoms with van der Waals surface area (Å²) in [6, 6.07) is 10.1. The summed E-state index contributed by atoms with van der Waals surface area (Å²) < 4.78 is 18.6. The van der Waals surface area contributed by atoms with Gasteiger partial charge in [-0.15, -0.1) is 0 Å². The number of hydrogen-bond acceptors (Lipinski definition) is 7. The van der Waals surface area contributed by atoms with Crippen LogP contribution in [0.15, 0.2) is 47.0 Å². The molecule has 0 spiro atoms. The molecule has 0 aliphatic carbocycles. The predicted molar refractivity (Wildman–Crippen MR) is 110 cm³/mol. The molecule has 0 saturated carbocycles. The largest absolute Gasteiger partial charge is 0.370 e. The minimum absolute atomic E-state index is 0.0665. The molecule has 1 saturated heterocycles. The number of nitrogens with one attached hydrogen (secondary N) is 1. The highest BCUT2D eigenvalue weighted by molar-refractivity contribution is 6.00. The molecule has 0 radical (unpaired) electrons. The minimum atomic E-state index is -0.523. The molecule has 2 heterocycles. The van der Waals surface area contributed by atoms with Gasteiger partial charge in [-0.2, -0.15) is 4.98 Å². The molecule has 0 bridgehead atoms. The van der Waals surface area contributed by atoms with E-state index in [0.29, 0.717) is 36.1 Å². The zero-order valence-electron chi connectivity index (χ0n) is 16.7. The van der Waals surface area contributed by atoms with Crippen LogP contribution in [0.3, 0.4) is 0 Å². The molecule has 10 heteroatoms. The maximum atomic E-state index is 13.2. The van der Waals surface area contributed by atoms with E-state index < -0.39 is 10.8 Å². The number of carbonyl (C=O) groups excluding carboxylic acids is 1. The fraction of sp³-hybridized carbons (Fsp3) is 0.286. The molecule has 9 nitrogen and oxygen atoms in total. The maximum Gasteiger partial charge on any atom is 0.270 e. The monoisotopic (exact) mass is 425 g/mol. The van der Waals surface area contributed by atoms with Gasteiger partial charge in [0.2, 0.25) is 11.7 Å². The van der Waals surface area contributed by atoms with Crippen molar-refractivity contribution < 1.29 is 18.6 Å². The summed E-state index contributed by atoms with van der Waals surface area (Å²) in [6.45, 7) is 1.21. The molecule has 1 aliphatic heterocycles. The molecule has 3 aromatic rings. The van der Waals surface area contributed by atoms with Crippen LogP contribution < -0.4 is 10.2 Å². The van der Waals surface area contributed by atoms with Crippen LogP contribution in [0, 0.1) is 15.9 Å². The highest BCUT2D eigenvalue weighted by Crippen LogP contribution is 2.33. The van der Waals surface area contributed by atoms with E-state index in [1.54, 1.807) is 18.2 Å². The molecule has 1 fully saturated rings. The Labute approximate surface area is 177 Å². The van der Waals surface area contributed by atoms with Crippen LogP contribution in [0.2, 0.25) is 0 Å². The Balaban J connectivity index is 1.59. The smallest absolute Gasteiger partial charge is 0.270 e. The van der Waals surface area contributed by atoms with Gasteiger partial charge < -0.3 is 14.7 Å². The van der Waals surface area contributed by atoms with Gasteiger partial charge in [0.1, 0.15) is 5.82 Å². The number of anilines is 1. The van der Waals surface area contributed by atoms with Gasteiger partial charge in [-0.05, 0) is 43.2 Å². The van der Waals surface area contributed by atoms with Crippen LogP contribution in [0.1, 0.15) is 35.0 Å². The van der Waals surface area contributed by atoms with Crippen LogP contribution in [0.25, 0.3) is 11.4 Å². The first kappa shape index (κ1) is 20.5. The number of piperidine rings is 1. The first-order valence-corrected chi connectivity index (χ1v) is 9.81. The SMILES string of the molecule is CNC(=O)c1cc([N+](=O)[O-])ccc1N1CCCC(c2nc(-c3ccc(F)cc3)no2)C1. The van der Waals surface area contributed by atoms with Gasteiger partial charge in [-0.3, -0.25) is 14.9 Å². The van der Waals surface area contributed by atoms with Crippen molar-refractivity contribution in [2.45, 2.75) is 18.8 Å². The molecule has 160 valence electrons. The van der Waals surface area contributed by atoms with Crippen molar-refractivity contribution in [2.24, 2.45) is 0 Å². The first-order valence-electron chi connectivity index (χ1n) is 9.81. The fourth-order valence-corrected chi connectivity index (χ4v) is 3.74. The number of aromatic nitrogens is 2. The van der Waals surface area contributed by atoms with Crippen molar-refractivity contribution in [3.05, 3.63) is 69.9 Å². The third-order valence-electron chi connectivity index (χ3n) is 5.32. The Hall–Kier alpha value is -3.82. The maximum absolute atomic E-state index is 13.2. The molecule has 31 heavy (non-hydrogen) atoms. The van der Waals surface area contributed by atoms with E-state index in [2.05, 4.69) is 15.5 Å². The average molecular weight is 425 g/mol. The molecule has 1 N–H and O–H groups in total. The van der Waals surface area contributed by atoms with Crippen LogP contribution in [0.5, 0.6) is 0 Å². The van der Waals surface area contributed by atoms with Crippen molar-refractivity contribution >= 4 is 17.3 Å². The number of carbonyl (C=O) groups is 1. The Kier molecular flexibility index (Phi) is 5.61. The molecule has 1 aromatic heterocycles. The Morgan fingerprint density at radius 3 is 2.77 bits per heavy atom. The summed E-state index contributed by atoms with van der Waals surface area (Å²) >= 11 is 0. The number of hydrogen-bond donors (Lipinski definition) is 1. The number of rotatable bonds is 5. The van der Waals surface area contributed by atoms with Crippen LogP contribution in [0.4, 0.5) is 15.8 Å². The Morgan fingerprint density at radius 1 is 1.29 bits per heavy atom. The number of nitro groups is 1. The number of non-ortho nitro benzene ring substituents is 1. The molecule has 1 aliphatic rings. The molecular weight excluding hydrogens is 405 g/mol. The summed E-state index contributed by atoms with van der Waals surface area (Å²) in [5.74, 6) is 0.0479. The summed E-state index contributed by atoms with van der Waals surface area (Å²) in [5.41, 5.74) is 1.38.